The zero-order valence-corrected chi connectivity index (χ0v) is 11.5. The summed E-state index contributed by atoms with van der Waals surface area (Å²) in [5, 5.41) is 0.174. The molecule has 6 nitrogen and oxygen atoms in total. The first-order valence-corrected chi connectivity index (χ1v) is 6.20. The summed E-state index contributed by atoms with van der Waals surface area (Å²) < 4.78 is 9.48. The van der Waals surface area contributed by atoms with Crippen molar-refractivity contribution in [3.63, 3.8) is 0 Å². The van der Waals surface area contributed by atoms with Gasteiger partial charge in [-0.15, -0.1) is 0 Å². The molecule has 0 fully saturated rings. The average Bonchev–Trinajstić information content (AvgIpc) is 2.25. The van der Waals surface area contributed by atoms with Crippen LogP contribution in [0.2, 0.25) is 0 Å². The van der Waals surface area contributed by atoms with E-state index in [1.165, 1.54) is 18.7 Å². The Hall–Kier alpha value is -1.11. The van der Waals surface area contributed by atoms with Gasteiger partial charge in [0.1, 0.15) is 13.2 Å². The van der Waals surface area contributed by atoms with Gasteiger partial charge in [-0.05, 0) is 0 Å². The predicted molar refractivity (Wildman–Crippen MR) is 63.6 cm³/mol. The molecule has 0 aromatic rings. The lowest BCUT2D eigenvalue weighted by molar-refractivity contribution is -0.144. The van der Waals surface area contributed by atoms with Gasteiger partial charge in [-0.1, -0.05) is 15.9 Å². The molecule has 0 heterocycles. The van der Waals surface area contributed by atoms with Crippen LogP contribution < -0.4 is 0 Å². The maximum atomic E-state index is 11.5. The zero-order valence-electron chi connectivity index (χ0n) is 9.90. The second-order valence-electron chi connectivity index (χ2n) is 3.19. The Morgan fingerprint density at radius 3 is 1.71 bits per heavy atom. The van der Waals surface area contributed by atoms with Gasteiger partial charge in [-0.25, -0.2) is 0 Å². The third kappa shape index (κ3) is 8.67. The van der Waals surface area contributed by atoms with Crippen LogP contribution in [0, 0.1) is 0 Å². The van der Waals surface area contributed by atoms with E-state index >= 15 is 0 Å². The third-order valence-electron chi connectivity index (χ3n) is 1.80. The van der Waals surface area contributed by atoms with Gasteiger partial charge in [0.25, 0.3) is 0 Å². The number of nitrogens with zero attached hydrogens (tertiary/aromatic N) is 1. The maximum Gasteiger partial charge on any atom is 0.302 e. The first kappa shape index (κ1) is 15.9. The first-order chi connectivity index (χ1) is 7.97. The van der Waals surface area contributed by atoms with E-state index in [-0.39, 0.29) is 37.5 Å². The van der Waals surface area contributed by atoms with E-state index in [0.29, 0.717) is 0 Å². The summed E-state index contributed by atoms with van der Waals surface area (Å²) in [5.41, 5.74) is 0. The molecule has 0 radical (unpaired) electrons. The molecule has 1 amide bonds. The van der Waals surface area contributed by atoms with Crippen molar-refractivity contribution in [2.45, 2.75) is 13.8 Å². The van der Waals surface area contributed by atoms with Crippen LogP contribution in [0.1, 0.15) is 13.8 Å². The Bertz CT molecular complexity index is 262. The van der Waals surface area contributed by atoms with Gasteiger partial charge in [0.05, 0.1) is 18.4 Å². The highest BCUT2D eigenvalue weighted by Crippen LogP contribution is 1.95. The molecular formula is C10H16BrNO5. The normalized spacial score (nSPS) is 9.59. The smallest absolute Gasteiger partial charge is 0.302 e. The number of esters is 2. The molecule has 0 aromatic carbocycles. The molecule has 0 unspecified atom stereocenters. The second kappa shape index (κ2) is 8.98. The number of carbonyl (C=O) groups is 3. The van der Waals surface area contributed by atoms with Crippen LogP contribution in [0.15, 0.2) is 0 Å². The maximum absolute atomic E-state index is 11.5. The average molecular weight is 310 g/mol. The van der Waals surface area contributed by atoms with Crippen LogP contribution in [-0.2, 0) is 23.9 Å². The van der Waals surface area contributed by atoms with Crippen LogP contribution in [0.25, 0.3) is 0 Å². The molecule has 98 valence electrons. The number of ether oxygens (including phenoxy) is 2. The van der Waals surface area contributed by atoms with Crippen LogP contribution in [-0.4, -0.2) is 54.4 Å². The number of hydrogen-bond acceptors (Lipinski definition) is 5. The fourth-order valence-corrected chi connectivity index (χ4v) is 1.40. The van der Waals surface area contributed by atoms with Crippen molar-refractivity contribution >= 4 is 33.8 Å². The highest BCUT2D eigenvalue weighted by atomic mass is 79.9. The summed E-state index contributed by atoms with van der Waals surface area (Å²) >= 11 is 3.05. The van der Waals surface area contributed by atoms with Crippen molar-refractivity contribution in [2.75, 3.05) is 31.6 Å². The van der Waals surface area contributed by atoms with Crippen molar-refractivity contribution < 1.29 is 23.9 Å². The van der Waals surface area contributed by atoms with Gasteiger partial charge in [-0.2, -0.15) is 0 Å². The molecule has 0 atom stereocenters. The Morgan fingerprint density at radius 1 is 1.00 bits per heavy atom. The predicted octanol–water partition coefficient (Wildman–Crippen LogP) is 0.336. The topological polar surface area (TPSA) is 72.9 Å². The Labute approximate surface area is 108 Å². The Kier molecular flexibility index (Phi) is 8.39. The lowest BCUT2D eigenvalue weighted by Crippen LogP contribution is -2.37. The van der Waals surface area contributed by atoms with E-state index in [1.54, 1.807) is 0 Å². The minimum Gasteiger partial charge on any atom is -0.464 e. The van der Waals surface area contributed by atoms with Gasteiger partial charge in [-0.3, -0.25) is 14.4 Å². The number of halogens is 1. The first-order valence-electron chi connectivity index (χ1n) is 5.07. The summed E-state index contributed by atoms with van der Waals surface area (Å²) in [7, 11) is 0. The van der Waals surface area contributed by atoms with Crippen molar-refractivity contribution in [1.82, 2.24) is 4.90 Å². The number of rotatable bonds is 7. The van der Waals surface area contributed by atoms with E-state index in [9.17, 15) is 14.4 Å². The van der Waals surface area contributed by atoms with Crippen LogP contribution >= 0.6 is 15.9 Å². The molecule has 0 aromatic heterocycles. The molecular weight excluding hydrogens is 294 g/mol. The van der Waals surface area contributed by atoms with Crippen molar-refractivity contribution in [2.24, 2.45) is 0 Å². The highest BCUT2D eigenvalue weighted by molar-refractivity contribution is 9.09. The molecule has 0 saturated carbocycles. The molecule has 17 heavy (non-hydrogen) atoms. The molecule has 7 heteroatoms. The summed E-state index contributed by atoms with van der Waals surface area (Å²) in [6.45, 7) is 3.43. The highest BCUT2D eigenvalue weighted by Gasteiger charge is 2.12. The minimum absolute atomic E-state index is 0.133. The fourth-order valence-electron chi connectivity index (χ4n) is 1.04. The number of hydrogen-bond donors (Lipinski definition) is 0. The van der Waals surface area contributed by atoms with Crippen LogP contribution in [0.4, 0.5) is 0 Å². The standard InChI is InChI=1S/C10H16BrNO5/c1-8(13)16-5-3-12(10(15)7-11)4-6-17-9(2)14/h3-7H2,1-2H3. The fraction of sp³-hybridized carbons (Fsp3) is 0.700. The number of amides is 1. The van der Waals surface area contributed by atoms with Crippen LogP contribution in [0.5, 0.6) is 0 Å². The Balaban J connectivity index is 4.01. The van der Waals surface area contributed by atoms with Crippen LogP contribution in [0.3, 0.4) is 0 Å². The van der Waals surface area contributed by atoms with E-state index < -0.39 is 11.9 Å². The van der Waals surface area contributed by atoms with Crippen molar-refractivity contribution in [1.29, 1.82) is 0 Å². The summed E-state index contributed by atoms with van der Waals surface area (Å²) in [5.74, 6) is -0.934. The molecule has 0 saturated heterocycles. The summed E-state index contributed by atoms with van der Waals surface area (Å²) in [6.07, 6.45) is 0. The van der Waals surface area contributed by atoms with E-state index in [1.807, 2.05) is 0 Å². The molecule has 0 rings (SSSR count). The van der Waals surface area contributed by atoms with Gasteiger partial charge in [0.15, 0.2) is 0 Å². The quantitative estimate of drug-likeness (QED) is 0.501. The van der Waals surface area contributed by atoms with Gasteiger partial charge in [0, 0.05) is 13.8 Å². The lowest BCUT2D eigenvalue weighted by Gasteiger charge is -2.21. The van der Waals surface area contributed by atoms with E-state index in [4.69, 9.17) is 9.47 Å². The Morgan fingerprint density at radius 2 is 1.41 bits per heavy atom. The molecule has 0 bridgehead atoms. The molecule has 0 aliphatic rings. The monoisotopic (exact) mass is 309 g/mol. The molecule has 0 aliphatic heterocycles. The van der Waals surface area contributed by atoms with Gasteiger partial charge in [0.2, 0.25) is 5.91 Å². The van der Waals surface area contributed by atoms with E-state index in [0.717, 1.165) is 0 Å². The SMILES string of the molecule is CC(=O)OCCN(CCOC(C)=O)C(=O)CBr. The molecule has 0 aliphatic carbocycles. The number of alkyl halides is 1. The second-order valence-corrected chi connectivity index (χ2v) is 3.76. The largest absolute Gasteiger partial charge is 0.464 e. The van der Waals surface area contributed by atoms with Crippen molar-refractivity contribution in [3.05, 3.63) is 0 Å². The summed E-state index contributed by atoms with van der Waals surface area (Å²) in [6, 6.07) is 0. The van der Waals surface area contributed by atoms with Crippen molar-refractivity contribution in [3.8, 4) is 0 Å². The molecule has 0 spiro atoms. The number of carbonyl (C=O) groups excluding carboxylic acids is 3. The lowest BCUT2D eigenvalue weighted by atomic mass is 10.4. The van der Waals surface area contributed by atoms with Gasteiger partial charge < -0.3 is 14.4 Å². The van der Waals surface area contributed by atoms with Gasteiger partial charge >= 0.3 is 11.9 Å². The molecule has 0 N–H and O–H groups in total. The summed E-state index contributed by atoms with van der Waals surface area (Å²) in [4.78, 5) is 34.0. The third-order valence-corrected chi connectivity index (χ3v) is 2.28. The minimum atomic E-state index is -0.392. The van der Waals surface area contributed by atoms with E-state index in [2.05, 4.69) is 15.9 Å². The zero-order chi connectivity index (χ0) is 13.3.